The van der Waals surface area contributed by atoms with E-state index < -0.39 is 29.2 Å². The van der Waals surface area contributed by atoms with Gasteiger partial charge in [0.05, 0.1) is 6.04 Å². The number of pyridine rings is 1. The standard InChI is InChI=1S/C22H22N4O5/c27-19-16(20(28)23-12-13-6-2-1-3-7-13)14-8-9-15-22-25(10-4-5-11-31-22)21(29)18(26(14)15)17(19)24-30/h1-3,6-7,15,22H,4-5,8-12H2,(H,23,28). The minimum Gasteiger partial charge on any atom is -0.356 e. The summed E-state index contributed by atoms with van der Waals surface area (Å²) in [7, 11) is 0. The van der Waals surface area contributed by atoms with Crippen molar-refractivity contribution in [3.05, 3.63) is 68.0 Å². The van der Waals surface area contributed by atoms with Crippen LogP contribution in [-0.4, -0.2) is 40.7 Å². The lowest BCUT2D eigenvalue weighted by Gasteiger charge is -2.40. The maximum Gasteiger partial charge on any atom is 0.275 e. The lowest BCUT2D eigenvalue weighted by atomic mass is 10.1. The molecule has 2 aromatic rings. The average Bonchev–Trinajstić information content (AvgIpc) is 3.05. The summed E-state index contributed by atoms with van der Waals surface area (Å²) >= 11 is 0. The quantitative estimate of drug-likeness (QED) is 0.760. The molecule has 0 bridgehead atoms. The van der Waals surface area contributed by atoms with Crippen molar-refractivity contribution in [1.82, 2.24) is 14.8 Å². The van der Waals surface area contributed by atoms with Gasteiger partial charge in [-0.15, -0.1) is 4.91 Å². The third kappa shape index (κ3) is 3.07. The number of hydrogen-bond donors (Lipinski definition) is 1. The van der Waals surface area contributed by atoms with Gasteiger partial charge in [0.15, 0.2) is 11.9 Å². The van der Waals surface area contributed by atoms with Gasteiger partial charge in [0.1, 0.15) is 11.3 Å². The predicted octanol–water partition coefficient (Wildman–Crippen LogP) is 2.26. The number of nitroso groups, excluding NO2 is 1. The van der Waals surface area contributed by atoms with Crippen LogP contribution in [0.5, 0.6) is 0 Å². The summed E-state index contributed by atoms with van der Waals surface area (Å²) in [6, 6.07) is 9.08. The molecule has 9 nitrogen and oxygen atoms in total. The van der Waals surface area contributed by atoms with Crippen LogP contribution >= 0.6 is 0 Å². The molecule has 1 N–H and O–H groups in total. The van der Waals surface area contributed by atoms with E-state index in [-0.39, 0.29) is 23.8 Å². The van der Waals surface area contributed by atoms with Crippen molar-refractivity contribution < 1.29 is 14.3 Å². The van der Waals surface area contributed by atoms with Gasteiger partial charge in [0.2, 0.25) is 5.43 Å². The van der Waals surface area contributed by atoms with E-state index in [4.69, 9.17) is 4.74 Å². The van der Waals surface area contributed by atoms with E-state index in [1.165, 1.54) is 0 Å². The first-order valence-electron chi connectivity index (χ1n) is 10.5. The fourth-order valence-electron chi connectivity index (χ4n) is 4.89. The van der Waals surface area contributed by atoms with Crippen LogP contribution in [0.2, 0.25) is 0 Å². The van der Waals surface area contributed by atoms with Crippen molar-refractivity contribution >= 4 is 17.5 Å². The van der Waals surface area contributed by atoms with Crippen LogP contribution in [0.3, 0.4) is 0 Å². The van der Waals surface area contributed by atoms with Crippen LogP contribution in [0.15, 0.2) is 40.3 Å². The summed E-state index contributed by atoms with van der Waals surface area (Å²) in [5.41, 5.74) is -0.0397. The number of amides is 2. The van der Waals surface area contributed by atoms with Crippen molar-refractivity contribution in [2.75, 3.05) is 13.2 Å². The molecule has 2 atom stereocenters. The first-order valence-corrected chi connectivity index (χ1v) is 10.5. The third-order valence-corrected chi connectivity index (χ3v) is 6.29. The number of nitrogens with zero attached hydrogens (tertiary/aromatic N) is 3. The zero-order valence-corrected chi connectivity index (χ0v) is 16.9. The van der Waals surface area contributed by atoms with Crippen LogP contribution < -0.4 is 10.7 Å². The number of hydrogen-bond acceptors (Lipinski definition) is 6. The molecule has 0 radical (unpaired) electrons. The summed E-state index contributed by atoms with van der Waals surface area (Å²) in [5, 5.41) is 5.67. The number of aromatic nitrogens is 1. The lowest BCUT2D eigenvalue weighted by Crippen LogP contribution is -2.52. The van der Waals surface area contributed by atoms with Crippen LogP contribution in [0.25, 0.3) is 0 Å². The highest BCUT2D eigenvalue weighted by Crippen LogP contribution is 2.41. The van der Waals surface area contributed by atoms with Crippen molar-refractivity contribution in [2.45, 2.75) is 44.5 Å². The van der Waals surface area contributed by atoms with Gasteiger partial charge in [0.25, 0.3) is 11.8 Å². The Labute approximate surface area is 178 Å². The molecule has 31 heavy (non-hydrogen) atoms. The second kappa shape index (κ2) is 7.73. The van der Waals surface area contributed by atoms with Crippen molar-refractivity contribution in [3.8, 4) is 0 Å². The highest BCUT2D eigenvalue weighted by Gasteiger charge is 2.47. The Morgan fingerprint density at radius 2 is 2.00 bits per heavy atom. The molecule has 1 fully saturated rings. The second-order valence-electron chi connectivity index (χ2n) is 8.05. The number of carbonyl (C=O) groups excluding carboxylic acids is 2. The summed E-state index contributed by atoms with van der Waals surface area (Å²) < 4.78 is 7.65. The summed E-state index contributed by atoms with van der Waals surface area (Å²) in [6.45, 7) is 1.28. The Hall–Kier alpha value is -3.33. The molecule has 3 aliphatic rings. The molecule has 0 aliphatic carbocycles. The summed E-state index contributed by atoms with van der Waals surface area (Å²) in [6.07, 6.45) is 2.21. The number of carbonyl (C=O) groups is 2. The molecule has 1 aromatic carbocycles. The topological polar surface area (TPSA) is 110 Å². The third-order valence-electron chi connectivity index (χ3n) is 6.29. The Morgan fingerprint density at radius 1 is 1.19 bits per heavy atom. The molecule has 0 saturated carbocycles. The Balaban J connectivity index is 1.59. The van der Waals surface area contributed by atoms with Crippen molar-refractivity contribution in [3.63, 3.8) is 0 Å². The van der Waals surface area contributed by atoms with E-state index in [2.05, 4.69) is 10.5 Å². The highest BCUT2D eigenvalue weighted by molar-refractivity contribution is 6.02. The van der Waals surface area contributed by atoms with E-state index in [9.17, 15) is 19.3 Å². The fourth-order valence-corrected chi connectivity index (χ4v) is 4.89. The zero-order valence-electron chi connectivity index (χ0n) is 16.9. The molecule has 2 unspecified atom stereocenters. The van der Waals surface area contributed by atoms with Crippen LogP contribution in [0.4, 0.5) is 5.69 Å². The molecule has 5 rings (SSSR count). The number of rotatable bonds is 4. The number of nitrogens with one attached hydrogen (secondary N) is 1. The average molecular weight is 422 g/mol. The molecular weight excluding hydrogens is 400 g/mol. The molecule has 3 aliphatic heterocycles. The SMILES string of the molecule is O=Nc1c2n3c(c(C(=O)NCc4ccccc4)c1=O)CCC3C1OCCCCN1C2=O. The minimum atomic E-state index is -0.787. The molecule has 4 heterocycles. The number of benzene rings is 1. The maximum absolute atomic E-state index is 13.2. The Kier molecular flexibility index (Phi) is 4.90. The molecule has 1 aromatic heterocycles. The van der Waals surface area contributed by atoms with E-state index >= 15 is 0 Å². The molecular formula is C22H22N4O5. The fraction of sp³-hybridized carbons (Fsp3) is 0.409. The van der Waals surface area contributed by atoms with Crippen LogP contribution in [0.1, 0.15) is 57.4 Å². The summed E-state index contributed by atoms with van der Waals surface area (Å²) in [5.74, 6) is -1.00. The van der Waals surface area contributed by atoms with Crippen molar-refractivity contribution in [1.29, 1.82) is 0 Å². The van der Waals surface area contributed by atoms with Gasteiger partial charge < -0.3 is 19.5 Å². The predicted molar refractivity (Wildman–Crippen MR) is 111 cm³/mol. The highest BCUT2D eigenvalue weighted by atomic mass is 16.5. The van der Waals surface area contributed by atoms with Crippen LogP contribution in [0, 0.1) is 4.91 Å². The van der Waals surface area contributed by atoms with Gasteiger partial charge in [-0.25, -0.2) is 0 Å². The smallest absolute Gasteiger partial charge is 0.275 e. The Bertz CT molecular complexity index is 1130. The normalized spacial score (nSPS) is 21.8. The number of fused-ring (bicyclic) bond motifs is 2. The van der Waals surface area contributed by atoms with Gasteiger partial charge in [-0.3, -0.25) is 14.4 Å². The molecule has 0 spiro atoms. The lowest BCUT2D eigenvalue weighted by molar-refractivity contribution is -0.0680. The summed E-state index contributed by atoms with van der Waals surface area (Å²) in [4.78, 5) is 52.7. The minimum absolute atomic E-state index is 0.0149. The van der Waals surface area contributed by atoms with E-state index in [1.807, 2.05) is 30.3 Å². The van der Waals surface area contributed by atoms with Crippen LogP contribution in [-0.2, 0) is 17.7 Å². The first kappa shape index (κ1) is 19.6. The largest absolute Gasteiger partial charge is 0.356 e. The van der Waals surface area contributed by atoms with Gasteiger partial charge >= 0.3 is 0 Å². The van der Waals surface area contributed by atoms with E-state index in [1.54, 1.807) is 9.47 Å². The monoisotopic (exact) mass is 422 g/mol. The van der Waals surface area contributed by atoms with E-state index in [0.717, 1.165) is 18.4 Å². The molecule has 2 amide bonds. The first-order chi connectivity index (χ1) is 15.1. The van der Waals surface area contributed by atoms with Gasteiger partial charge in [-0.1, -0.05) is 30.3 Å². The zero-order chi connectivity index (χ0) is 21.5. The van der Waals surface area contributed by atoms with Gasteiger partial charge in [-0.05, 0) is 36.4 Å². The molecule has 160 valence electrons. The molecule has 1 saturated heterocycles. The molecule has 9 heteroatoms. The van der Waals surface area contributed by atoms with Crippen molar-refractivity contribution in [2.24, 2.45) is 5.18 Å². The maximum atomic E-state index is 13.2. The number of ether oxygens (including phenoxy) is 1. The van der Waals surface area contributed by atoms with Gasteiger partial charge in [-0.2, -0.15) is 0 Å². The second-order valence-corrected chi connectivity index (χ2v) is 8.05. The Morgan fingerprint density at radius 3 is 2.77 bits per heavy atom. The van der Waals surface area contributed by atoms with Gasteiger partial charge in [0, 0.05) is 25.4 Å². The van der Waals surface area contributed by atoms with E-state index in [0.29, 0.717) is 31.7 Å².